The molecule has 0 bridgehead atoms. The Bertz CT molecular complexity index is 600. The number of ether oxygens (including phenoxy) is 1. The molecule has 1 aliphatic rings. The summed E-state index contributed by atoms with van der Waals surface area (Å²) in [5.41, 5.74) is 0.0722. The van der Waals surface area contributed by atoms with Gasteiger partial charge in [-0.05, 0) is 37.5 Å². The Hall–Kier alpha value is -2.17. The second-order valence-electron chi connectivity index (χ2n) is 6.49. The van der Waals surface area contributed by atoms with Crippen LogP contribution in [0.1, 0.15) is 51.0 Å². The molecule has 5 heteroatoms. The fourth-order valence-electron chi connectivity index (χ4n) is 3.24. The first-order valence-electron chi connectivity index (χ1n) is 8.42. The summed E-state index contributed by atoms with van der Waals surface area (Å²) in [5, 5.41) is 2.84. The number of rotatable bonds is 7. The lowest BCUT2D eigenvalue weighted by molar-refractivity contribution is -0.134. The van der Waals surface area contributed by atoms with E-state index in [1.807, 2.05) is 12.1 Å². The van der Waals surface area contributed by atoms with Crippen LogP contribution in [0.4, 0.5) is 0 Å². The van der Waals surface area contributed by atoms with Gasteiger partial charge < -0.3 is 10.1 Å². The summed E-state index contributed by atoms with van der Waals surface area (Å²) in [4.78, 5) is 36.3. The number of benzene rings is 1. The van der Waals surface area contributed by atoms with Crippen LogP contribution in [-0.2, 0) is 20.8 Å². The zero-order valence-electron chi connectivity index (χ0n) is 14.4. The van der Waals surface area contributed by atoms with E-state index in [2.05, 4.69) is 5.32 Å². The predicted octanol–water partition coefficient (Wildman–Crippen LogP) is 2.61. The average Bonchev–Trinajstić information content (AvgIpc) is 2.56. The number of ketones is 2. The minimum atomic E-state index is -0.768. The molecule has 1 amide bonds. The van der Waals surface area contributed by atoms with E-state index in [-0.39, 0.29) is 30.3 Å². The SMILES string of the molecule is COc1ccc(CC(=O)CC(=O)NC2(C(C)=O)CCCCC2)cc1. The predicted molar refractivity (Wildman–Crippen MR) is 91.0 cm³/mol. The highest BCUT2D eigenvalue weighted by Gasteiger charge is 2.38. The Balaban J connectivity index is 1.90. The monoisotopic (exact) mass is 331 g/mol. The van der Waals surface area contributed by atoms with Crippen molar-refractivity contribution in [3.05, 3.63) is 29.8 Å². The van der Waals surface area contributed by atoms with Gasteiger partial charge in [0.2, 0.25) is 5.91 Å². The minimum Gasteiger partial charge on any atom is -0.497 e. The van der Waals surface area contributed by atoms with Crippen molar-refractivity contribution in [2.75, 3.05) is 7.11 Å². The number of hydrogen-bond acceptors (Lipinski definition) is 4. The molecule has 0 unspecified atom stereocenters. The molecule has 0 spiro atoms. The Morgan fingerprint density at radius 3 is 2.25 bits per heavy atom. The molecule has 0 aromatic heterocycles. The molecule has 1 aromatic carbocycles. The van der Waals surface area contributed by atoms with Gasteiger partial charge in [0.25, 0.3) is 0 Å². The third kappa shape index (κ3) is 4.66. The molecule has 2 rings (SSSR count). The van der Waals surface area contributed by atoms with Crippen LogP contribution in [0.15, 0.2) is 24.3 Å². The summed E-state index contributed by atoms with van der Waals surface area (Å²) in [5.74, 6) is 0.195. The number of carbonyl (C=O) groups excluding carboxylic acids is 3. The van der Waals surface area contributed by atoms with Gasteiger partial charge in [-0.2, -0.15) is 0 Å². The maximum Gasteiger partial charge on any atom is 0.228 e. The van der Waals surface area contributed by atoms with Crippen molar-refractivity contribution in [3.8, 4) is 5.75 Å². The van der Waals surface area contributed by atoms with Crippen molar-refractivity contribution in [3.63, 3.8) is 0 Å². The third-order valence-corrected chi connectivity index (χ3v) is 4.68. The molecule has 0 radical (unpaired) electrons. The average molecular weight is 331 g/mol. The lowest BCUT2D eigenvalue weighted by atomic mass is 9.79. The molecule has 0 atom stereocenters. The van der Waals surface area contributed by atoms with Crippen LogP contribution in [0.2, 0.25) is 0 Å². The lowest BCUT2D eigenvalue weighted by Gasteiger charge is -2.35. The van der Waals surface area contributed by atoms with Crippen LogP contribution >= 0.6 is 0 Å². The van der Waals surface area contributed by atoms with Crippen molar-refractivity contribution < 1.29 is 19.1 Å². The Morgan fingerprint density at radius 2 is 1.71 bits per heavy atom. The van der Waals surface area contributed by atoms with Crippen LogP contribution in [0, 0.1) is 0 Å². The number of amides is 1. The highest BCUT2D eigenvalue weighted by molar-refractivity contribution is 6.01. The van der Waals surface area contributed by atoms with Crippen molar-refractivity contribution in [2.24, 2.45) is 0 Å². The van der Waals surface area contributed by atoms with Gasteiger partial charge in [-0.3, -0.25) is 14.4 Å². The van der Waals surface area contributed by atoms with Crippen LogP contribution in [-0.4, -0.2) is 30.1 Å². The van der Waals surface area contributed by atoms with E-state index in [1.165, 1.54) is 6.92 Å². The van der Waals surface area contributed by atoms with Gasteiger partial charge >= 0.3 is 0 Å². The highest BCUT2D eigenvalue weighted by Crippen LogP contribution is 2.29. The van der Waals surface area contributed by atoms with Gasteiger partial charge in [-0.15, -0.1) is 0 Å². The first-order chi connectivity index (χ1) is 11.4. The van der Waals surface area contributed by atoms with Gasteiger partial charge in [0.1, 0.15) is 11.5 Å². The second-order valence-corrected chi connectivity index (χ2v) is 6.49. The molecule has 0 heterocycles. The van der Waals surface area contributed by atoms with Gasteiger partial charge in [0.05, 0.1) is 19.1 Å². The lowest BCUT2D eigenvalue weighted by Crippen LogP contribution is -2.55. The first-order valence-corrected chi connectivity index (χ1v) is 8.42. The number of Topliss-reactive ketones (excluding diaryl/α,β-unsaturated/α-hetero) is 2. The molecule has 1 aliphatic carbocycles. The van der Waals surface area contributed by atoms with Crippen molar-refractivity contribution >= 4 is 17.5 Å². The van der Waals surface area contributed by atoms with Gasteiger partial charge in [0.15, 0.2) is 5.78 Å². The Morgan fingerprint density at radius 1 is 1.08 bits per heavy atom. The maximum atomic E-state index is 12.2. The summed E-state index contributed by atoms with van der Waals surface area (Å²) < 4.78 is 5.08. The number of nitrogens with one attached hydrogen (secondary N) is 1. The normalized spacial score (nSPS) is 16.2. The van der Waals surface area contributed by atoms with Crippen LogP contribution in [0.5, 0.6) is 5.75 Å². The molecule has 1 saturated carbocycles. The van der Waals surface area contributed by atoms with Crippen molar-refractivity contribution in [1.82, 2.24) is 5.32 Å². The van der Waals surface area contributed by atoms with Crippen LogP contribution in [0.3, 0.4) is 0 Å². The van der Waals surface area contributed by atoms with E-state index in [1.54, 1.807) is 19.2 Å². The molecule has 130 valence electrons. The molecule has 1 N–H and O–H groups in total. The van der Waals surface area contributed by atoms with E-state index in [0.717, 1.165) is 30.6 Å². The molecule has 1 fully saturated rings. The van der Waals surface area contributed by atoms with Crippen LogP contribution in [0.25, 0.3) is 0 Å². The largest absolute Gasteiger partial charge is 0.497 e. The van der Waals surface area contributed by atoms with E-state index < -0.39 is 5.54 Å². The summed E-state index contributed by atoms with van der Waals surface area (Å²) in [6, 6.07) is 7.20. The van der Waals surface area contributed by atoms with Gasteiger partial charge in [-0.1, -0.05) is 31.4 Å². The van der Waals surface area contributed by atoms with Crippen molar-refractivity contribution in [1.29, 1.82) is 0 Å². The van der Waals surface area contributed by atoms with E-state index in [0.29, 0.717) is 12.8 Å². The smallest absolute Gasteiger partial charge is 0.228 e. The summed E-state index contributed by atoms with van der Waals surface area (Å²) in [6.07, 6.45) is 4.29. The van der Waals surface area contributed by atoms with E-state index >= 15 is 0 Å². The quantitative estimate of drug-likeness (QED) is 0.780. The van der Waals surface area contributed by atoms with Crippen LogP contribution < -0.4 is 10.1 Å². The summed E-state index contributed by atoms with van der Waals surface area (Å²) in [7, 11) is 1.58. The standard InChI is InChI=1S/C19H25NO4/c1-14(21)19(10-4-3-5-11-19)20-18(23)13-16(22)12-15-6-8-17(24-2)9-7-15/h6-9H,3-5,10-13H2,1-2H3,(H,20,23). The fraction of sp³-hybridized carbons (Fsp3) is 0.526. The number of methoxy groups -OCH3 is 1. The zero-order valence-corrected chi connectivity index (χ0v) is 14.4. The van der Waals surface area contributed by atoms with E-state index in [9.17, 15) is 14.4 Å². The van der Waals surface area contributed by atoms with Gasteiger partial charge in [-0.25, -0.2) is 0 Å². The zero-order chi connectivity index (χ0) is 17.6. The number of hydrogen-bond donors (Lipinski definition) is 1. The Kier molecular flexibility index (Phi) is 6.12. The minimum absolute atomic E-state index is 0.0156. The maximum absolute atomic E-state index is 12.2. The summed E-state index contributed by atoms with van der Waals surface area (Å²) >= 11 is 0. The highest BCUT2D eigenvalue weighted by atomic mass is 16.5. The second kappa shape index (κ2) is 8.08. The van der Waals surface area contributed by atoms with Gasteiger partial charge in [0, 0.05) is 6.42 Å². The third-order valence-electron chi connectivity index (χ3n) is 4.68. The summed E-state index contributed by atoms with van der Waals surface area (Å²) in [6.45, 7) is 1.52. The topological polar surface area (TPSA) is 72.5 Å². The molecule has 0 saturated heterocycles. The molecule has 1 aromatic rings. The number of carbonyl (C=O) groups is 3. The molecular formula is C19H25NO4. The van der Waals surface area contributed by atoms with Crippen molar-refractivity contribution in [2.45, 2.75) is 57.4 Å². The Labute approximate surface area is 142 Å². The molecular weight excluding hydrogens is 306 g/mol. The molecule has 24 heavy (non-hydrogen) atoms. The molecule has 5 nitrogen and oxygen atoms in total. The fourth-order valence-corrected chi connectivity index (χ4v) is 3.24. The first kappa shape index (κ1) is 18.2. The molecule has 0 aliphatic heterocycles. The van der Waals surface area contributed by atoms with E-state index in [4.69, 9.17) is 4.74 Å².